The second-order valence-corrected chi connectivity index (χ2v) is 5.92. The number of ether oxygens (including phenoxy) is 1. The first-order chi connectivity index (χ1) is 8.83. The number of aliphatic imine (C=N–C) groups is 1. The van der Waals surface area contributed by atoms with Gasteiger partial charge in [-0.3, -0.25) is 4.99 Å². The van der Waals surface area contributed by atoms with Gasteiger partial charge in [-0.1, -0.05) is 11.6 Å². The Balaban J connectivity index is 1.89. The Morgan fingerprint density at radius 1 is 1.47 bits per heavy atom. The highest BCUT2D eigenvalue weighted by atomic mass is 35.5. The van der Waals surface area contributed by atoms with Crippen LogP contribution in [-0.4, -0.2) is 24.0 Å². The van der Waals surface area contributed by atoms with Gasteiger partial charge >= 0.3 is 6.09 Å². The van der Waals surface area contributed by atoms with Crippen LogP contribution in [-0.2, 0) is 11.2 Å². The molecule has 1 heterocycles. The summed E-state index contributed by atoms with van der Waals surface area (Å²) in [6, 6.07) is 5.60. The molecule has 0 aromatic heterocycles. The molecule has 2 rings (SSSR count). The van der Waals surface area contributed by atoms with E-state index in [-0.39, 0.29) is 0 Å². The van der Waals surface area contributed by atoms with E-state index in [1.165, 1.54) is 0 Å². The van der Waals surface area contributed by atoms with Crippen LogP contribution >= 0.6 is 11.6 Å². The first kappa shape index (κ1) is 13.9. The van der Waals surface area contributed by atoms with Crippen molar-refractivity contribution in [2.75, 3.05) is 6.54 Å². The van der Waals surface area contributed by atoms with Crippen LogP contribution in [0.5, 0.6) is 0 Å². The van der Waals surface area contributed by atoms with E-state index in [0.29, 0.717) is 18.0 Å². The van der Waals surface area contributed by atoms with Crippen LogP contribution in [0.3, 0.4) is 0 Å². The summed E-state index contributed by atoms with van der Waals surface area (Å²) >= 11 is 5.93. The lowest BCUT2D eigenvalue weighted by atomic mass is 10.1. The van der Waals surface area contributed by atoms with Crippen molar-refractivity contribution >= 4 is 29.1 Å². The van der Waals surface area contributed by atoms with Crippen LogP contribution in [0.25, 0.3) is 0 Å². The number of halogens is 1. The average Bonchev–Trinajstić information content (AvgIpc) is 2.66. The maximum atomic E-state index is 11.5. The van der Waals surface area contributed by atoms with Crippen molar-refractivity contribution in [1.82, 2.24) is 5.32 Å². The molecule has 0 aliphatic carbocycles. The first-order valence-corrected chi connectivity index (χ1v) is 6.53. The lowest BCUT2D eigenvalue weighted by Crippen LogP contribution is -2.35. The number of alkyl carbamates (subject to hydrolysis) is 1. The first-order valence-electron chi connectivity index (χ1n) is 6.15. The molecule has 1 aliphatic heterocycles. The maximum absolute atomic E-state index is 11.5. The van der Waals surface area contributed by atoms with Gasteiger partial charge in [0, 0.05) is 17.2 Å². The Labute approximate surface area is 117 Å². The number of benzene rings is 1. The minimum absolute atomic E-state index is 0.390. The van der Waals surface area contributed by atoms with Crippen molar-refractivity contribution in [3.8, 4) is 0 Å². The van der Waals surface area contributed by atoms with Crippen LogP contribution in [0.2, 0.25) is 5.02 Å². The SMILES string of the molecule is CC(C)(C)OC(=O)NCC1=Nc2ccc(Cl)cc2C1. The van der Waals surface area contributed by atoms with E-state index in [1.807, 2.05) is 39.0 Å². The molecule has 19 heavy (non-hydrogen) atoms. The van der Waals surface area contributed by atoms with Crippen molar-refractivity contribution in [3.05, 3.63) is 28.8 Å². The number of rotatable bonds is 2. The minimum atomic E-state index is -0.488. The number of hydrogen-bond acceptors (Lipinski definition) is 3. The van der Waals surface area contributed by atoms with Crippen LogP contribution in [0.1, 0.15) is 26.3 Å². The monoisotopic (exact) mass is 280 g/mol. The number of nitrogens with zero attached hydrogens (tertiary/aromatic N) is 1. The predicted molar refractivity (Wildman–Crippen MR) is 76.5 cm³/mol. The molecule has 5 heteroatoms. The van der Waals surface area contributed by atoms with E-state index in [1.54, 1.807) is 0 Å². The number of carbonyl (C=O) groups excluding carboxylic acids is 1. The third-order valence-electron chi connectivity index (χ3n) is 2.55. The Morgan fingerprint density at radius 3 is 2.89 bits per heavy atom. The second-order valence-electron chi connectivity index (χ2n) is 5.48. The summed E-state index contributed by atoms with van der Waals surface area (Å²) in [5.41, 5.74) is 2.43. The summed E-state index contributed by atoms with van der Waals surface area (Å²) in [6.07, 6.45) is 0.287. The van der Waals surface area contributed by atoms with Gasteiger partial charge in [0.2, 0.25) is 0 Å². The van der Waals surface area contributed by atoms with E-state index in [9.17, 15) is 4.79 Å². The highest BCUT2D eigenvalue weighted by molar-refractivity contribution is 6.30. The van der Waals surface area contributed by atoms with Gasteiger partial charge in [0.25, 0.3) is 0 Å². The van der Waals surface area contributed by atoms with Crippen molar-refractivity contribution in [1.29, 1.82) is 0 Å². The molecular weight excluding hydrogens is 264 g/mol. The largest absolute Gasteiger partial charge is 0.444 e. The number of fused-ring (bicyclic) bond motifs is 1. The number of nitrogens with one attached hydrogen (secondary N) is 1. The van der Waals surface area contributed by atoms with Gasteiger partial charge in [0.15, 0.2) is 0 Å². The summed E-state index contributed by atoms with van der Waals surface area (Å²) in [6.45, 7) is 5.88. The molecule has 0 atom stereocenters. The Kier molecular flexibility index (Phi) is 3.80. The molecule has 1 aliphatic rings. The van der Waals surface area contributed by atoms with Crippen molar-refractivity contribution < 1.29 is 9.53 Å². The summed E-state index contributed by atoms with van der Waals surface area (Å²) in [5, 5.41) is 3.41. The Morgan fingerprint density at radius 2 is 2.21 bits per heavy atom. The molecule has 1 aromatic rings. The van der Waals surface area contributed by atoms with Gasteiger partial charge in [0.05, 0.1) is 12.2 Å². The fourth-order valence-corrected chi connectivity index (χ4v) is 2.02. The molecule has 102 valence electrons. The third kappa shape index (κ3) is 3.96. The smallest absolute Gasteiger partial charge is 0.407 e. The van der Waals surface area contributed by atoms with E-state index < -0.39 is 11.7 Å². The van der Waals surface area contributed by atoms with E-state index in [0.717, 1.165) is 17.0 Å². The lowest BCUT2D eigenvalue weighted by Gasteiger charge is -2.19. The quantitative estimate of drug-likeness (QED) is 0.901. The standard InChI is InChI=1S/C14H17ClN2O2/c1-14(2,3)19-13(18)16-8-11-7-9-6-10(15)4-5-12(9)17-11/h4-6H,7-8H2,1-3H3,(H,16,18). The van der Waals surface area contributed by atoms with E-state index in [2.05, 4.69) is 10.3 Å². The van der Waals surface area contributed by atoms with Crippen LogP contribution < -0.4 is 5.32 Å². The van der Waals surface area contributed by atoms with Crippen LogP contribution in [0.15, 0.2) is 23.2 Å². The van der Waals surface area contributed by atoms with Gasteiger partial charge in [0.1, 0.15) is 5.60 Å². The van der Waals surface area contributed by atoms with Gasteiger partial charge in [-0.25, -0.2) is 4.79 Å². The number of hydrogen-bond donors (Lipinski definition) is 1. The average molecular weight is 281 g/mol. The predicted octanol–water partition coefficient (Wildman–Crippen LogP) is 3.49. The lowest BCUT2D eigenvalue weighted by molar-refractivity contribution is 0.0536. The third-order valence-corrected chi connectivity index (χ3v) is 2.79. The van der Waals surface area contributed by atoms with Crippen molar-refractivity contribution in [2.24, 2.45) is 4.99 Å². The topological polar surface area (TPSA) is 50.7 Å². The molecule has 1 aromatic carbocycles. The maximum Gasteiger partial charge on any atom is 0.407 e. The molecule has 0 bridgehead atoms. The number of amides is 1. The van der Waals surface area contributed by atoms with Gasteiger partial charge in [-0.15, -0.1) is 0 Å². The van der Waals surface area contributed by atoms with Crippen LogP contribution in [0, 0.1) is 0 Å². The highest BCUT2D eigenvalue weighted by Crippen LogP contribution is 2.28. The zero-order valence-corrected chi connectivity index (χ0v) is 12.0. The van der Waals surface area contributed by atoms with Gasteiger partial charge in [-0.2, -0.15) is 0 Å². The molecule has 1 amide bonds. The fraction of sp³-hybridized carbons (Fsp3) is 0.429. The van der Waals surface area contributed by atoms with Crippen molar-refractivity contribution in [3.63, 3.8) is 0 Å². The summed E-state index contributed by atoms with van der Waals surface area (Å²) in [7, 11) is 0. The molecule has 0 spiro atoms. The van der Waals surface area contributed by atoms with E-state index >= 15 is 0 Å². The molecule has 0 saturated heterocycles. The Hall–Kier alpha value is -1.55. The summed E-state index contributed by atoms with van der Waals surface area (Å²) < 4.78 is 5.17. The van der Waals surface area contributed by atoms with Gasteiger partial charge in [-0.05, 0) is 44.5 Å². The zero-order chi connectivity index (χ0) is 14.0. The molecule has 4 nitrogen and oxygen atoms in total. The summed E-state index contributed by atoms with van der Waals surface area (Å²) in [5.74, 6) is 0. The normalized spacial score (nSPS) is 13.8. The zero-order valence-electron chi connectivity index (χ0n) is 11.3. The number of carbonyl (C=O) groups is 1. The van der Waals surface area contributed by atoms with Crippen LogP contribution in [0.4, 0.5) is 10.5 Å². The molecular formula is C14H17ClN2O2. The minimum Gasteiger partial charge on any atom is -0.444 e. The fourth-order valence-electron chi connectivity index (χ4n) is 1.82. The molecule has 1 N–H and O–H groups in total. The highest BCUT2D eigenvalue weighted by Gasteiger charge is 2.18. The van der Waals surface area contributed by atoms with E-state index in [4.69, 9.17) is 16.3 Å². The molecule has 0 fully saturated rings. The molecule has 0 radical (unpaired) electrons. The summed E-state index contributed by atoms with van der Waals surface area (Å²) in [4.78, 5) is 16.0. The van der Waals surface area contributed by atoms with Crippen molar-refractivity contribution in [2.45, 2.75) is 32.8 Å². The molecule has 0 unspecified atom stereocenters. The molecule has 0 saturated carbocycles. The Bertz CT molecular complexity index is 533. The second kappa shape index (κ2) is 5.21. The van der Waals surface area contributed by atoms with Gasteiger partial charge < -0.3 is 10.1 Å².